The lowest BCUT2D eigenvalue weighted by Crippen LogP contribution is -2.38. The van der Waals surface area contributed by atoms with E-state index in [4.69, 9.17) is 5.73 Å². The van der Waals surface area contributed by atoms with Crippen LogP contribution in [0.25, 0.3) is 0 Å². The Morgan fingerprint density at radius 2 is 2.27 bits per heavy atom. The summed E-state index contributed by atoms with van der Waals surface area (Å²) in [4.78, 5) is 10.8. The highest BCUT2D eigenvalue weighted by Crippen LogP contribution is 2.04. The SMILES string of the molecule is CC(NCc1cnn(C(C)C)c1)C(N)=O. The van der Waals surface area contributed by atoms with Gasteiger partial charge < -0.3 is 11.1 Å². The fraction of sp³-hybridized carbons (Fsp3) is 0.600. The van der Waals surface area contributed by atoms with Gasteiger partial charge in [0.2, 0.25) is 5.91 Å². The molecule has 0 bridgehead atoms. The lowest BCUT2D eigenvalue weighted by atomic mass is 10.3. The minimum atomic E-state index is -0.341. The Labute approximate surface area is 89.6 Å². The molecular formula is C10H18N4O. The van der Waals surface area contributed by atoms with E-state index in [-0.39, 0.29) is 11.9 Å². The number of carbonyl (C=O) groups excluding carboxylic acids is 1. The number of carbonyl (C=O) groups is 1. The maximum Gasteiger partial charge on any atom is 0.234 e. The Hall–Kier alpha value is -1.36. The van der Waals surface area contributed by atoms with E-state index >= 15 is 0 Å². The number of nitrogens with two attached hydrogens (primary N) is 1. The van der Waals surface area contributed by atoms with Gasteiger partial charge in [0.25, 0.3) is 0 Å². The van der Waals surface area contributed by atoms with Crippen molar-refractivity contribution in [2.24, 2.45) is 5.73 Å². The second-order valence-electron chi connectivity index (χ2n) is 3.93. The van der Waals surface area contributed by atoms with E-state index in [9.17, 15) is 4.79 Å². The number of nitrogens with zero attached hydrogens (tertiary/aromatic N) is 2. The molecule has 1 atom stereocenters. The van der Waals surface area contributed by atoms with Crippen molar-refractivity contribution in [1.82, 2.24) is 15.1 Å². The van der Waals surface area contributed by atoms with E-state index in [0.29, 0.717) is 12.6 Å². The monoisotopic (exact) mass is 210 g/mol. The number of nitrogens with one attached hydrogen (secondary N) is 1. The van der Waals surface area contributed by atoms with Gasteiger partial charge in [-0.05, 0) is 20.8 Å². The summed E-state index contributed by atoms with van der Waals surface area (Å²) in [5, 5.41) is 7.22. The third-order valence-corrected chi connectivity index (χ3v) is 2.22. The molecule has 3 N–H and O–H groups in total. The molecule has 1 unspecified atom stereocenters. The molecule has 0 radical (unpaired) electrons. The first-order chi connectivity index (χ1) is 7.00. The first-order valence-corrected chi connectivity index (χ1v) is 5.06. The number of aromatic nitrogens is 2. The third kappa shape index (κ3) is 3.36. The molecule has 1 aromatic heterocycles. The summed E-state index contributed by atoms with van der Waals surface area (Å²) < 4.78 is 1.88. The molecule has 84 valence electrons. The van der Waals surface area contributed by atoms with Gasteiger partial charge in [0.1, 0.15) is 0 Å². The molecule has 0 aromatic carbocycles. The maximum absolute atomic E-state index is 10.8. The van der Waals surface area contributed by atoms with Gasteiger partial charge in [0.15, 0.2) is 0 Å². The summed E-state index contributed by atoms with van der Waals surface area (Å²) in [6.07, 6.45) is 3.76. The Morgan fingerprint density at radius 3 is 2.73 bits per heavy atom. The lowest BCUT2D eigenvalue weighted by molar-refractivity contribution is -0.119. The summed E-state index contributed by atoms with van der Waals surface area (Å²) in [5.74, 6) is -0.341. The minimum absolute atomic E-state index is 0.313. The van der Waals surface area contributed by atoms with E-state index in [1.54, 1.807) is 13.1 Å². The highest BCUT2D eigenvalue weighted by atomic mass is 16.1. The normalized spacial score (nSPS) is 13.1. The predicted octanol–water partition coefficient (Wildman–Crippen LogP) is 0.427. The van der Waals surface area contributed by atoms with Crippen LogP contribution in [0.3, 0.4) is 0 Å². The summed E-state index contributed by atoms with van der Waals surface area (Å²) in [5.41, 5.74) is 6.18. The number of amides is 1. The zero-order valence-electron chi connectivity index (χ0n) is 9.40. The van der Waals surface area contributed by atoms with Crippen molar-refractivity contribution < 1.29 is 4.79 Å². The molecular weight excluding hydrogens is 192 g/mol. The van der Waals surface area contributed by atoms with Crippen LogP contribution in [0.15, 0.2) is 12.4 Å². The average molecular weight is 210 g/mol. The van der Waals surface area contributed by atoms with Crippen LogP contribution in [0, 0.1) is 0 Å². The number of rotatable bonds is 5. The van der Waals surface area contributed by atoms with Crippen LogP contribution >= 0.6 is 0 Å². The molecule has 0 spiro atoms. The van der Waals surface area contributed by atoms with Gasteiger partial charge in [-0.1, -0.05) is 0 Å². The second-order valence-corrected chi connectivity index (χ2v) is 3.93. The highest BCUT2D eigenvalue weighted by Gasteiger charge is 2.08. The molecule has 1 heterocycles. The molecule has 5 heteroatoms. The lowest BCUT2D eigenvalue weighted by Gasteiger charge is -2.08. The van der Waals surface area contributed by atoms with Gasteiger partial charge >= 0.3 is 0 Å². The van der Waals surface area contributed by atoms with Gasteiger partial charge in [0.05, 0.1) is 12.2 Å². The fourth-order valence-electron chi connectivity index (χ4n) is 1.12. The van der Waals surface area contributed by atoms with E-state index in [2.05, 4.69) is 24.3 Å². The molecule has 0 aliphatic carbocycles. The van der Waals surface area contributed by atoms with Crippen LogP contribution < -0.4 is 11.1 Å². The smallest absolute Gasteiger partial charge is 0.234 e. The Kier molecular flexibility index (Phi) is 3.85. The quantitative estimate of drug-likeness (QED) is 0.740. The molecule has 15 heavy (non-hydrogen) atoms. The van der Waals surface area contributed by atoms with Crippen molar-refractivity contribution in [3.63, 3.8) is 0 Å². The highest BCUT2D eigenvalue weighted by molar-refractivity contribution is 5.79. The van der Waals surface area contributed by atoms with Gasteiger partial charge in [-0.2, -0.15) is 5.10 Å². The second kappa shape index (κ2) is 4.93. The molecule has 0 fully saturated rings. The topological polar surface area (TPSA) is 72.9 Å². The first-order valence-electron chi connectivity index (χ1n) is 5.06. The summed E-state index contributed by atoms with van der Waals surface area (Å²) >= 11 is 0. The minimum Gasteiger partial charge on any atom is -0.368 e. The standard InChI is InChI=1S/C10H18N4O/c1-7(2)14-6-9(5-13-14)4-12-8(3)10(11)15/h5-8,12H,4H2,1-3H3,(H2,11,15). The van der Waals surface area contributed by atoms with Gasteiger partial charge in [0, 0.05) is 24.3 Å². The van der Waals surface area contributed by atoms with Gasteiger partial charge in [-0.25, -0.2) is 0 Å². The van der Waals surface area contributed by atoms with Crippen molar-refractivity contribution in [3.8, 4) is 0 Å². The van der Waals surface area contributed by atoms with Gasteiger partial charge in [-0.15, -0.1) is 0 Å². The Balaban J connectivity index is 2.47. The van der Waals surface area contributed by atoms with Crippen molar-refractivity contribution in [1.29, 1.82) is 0 Å². The van der Waals surface area contributed by atoms with Crippen LogP contribution in [-0.2, 0) is 11.3 Å². The molecule has 1 rings (SSSR count). The first kappa shape index (κ1) is 11.7. The molecule has 1 aromatic rings. The van der Waals surface area contributed by atoms with Crippen LogP contribution in [-0.4, -0.2) is 21.7 Å². The van der Waals surface area contributed by atoms with Crippen LogP contribution in [0.2, 0.25) is 0 Å². The molecule has 5 nitrogen and oxygen atoms in total. The maximum atomic E-state index is 10.8. The zero-order valence-corrected chi connectivity index (χ0v) is 9.40. The molecule has 0 aliphatic rings. The average Bonchev–Trinajstić information content (AvgIpc) is 2.62. The molecule has 0 saturated heterocycles. The summed E-state index contributed by atoms with van der Waals surface area (Å²) in [6, 6.07) is 0.0414. The summed E-state index contributed by atoms with van der Waals surface area (Å²) in [6.45, 7) is 6.48. The van der Waals surface area contributed by atoms with Crippen molar-refractivity contribution in [2.45, 2.75) is 39.4 Å². The van der Waals surface area contributed by atoms with E-state index in [1.165, 1.54) is 0 Å². The number of hydrogen-bond donors (Lipinski definition) is 2. The van der Waals surface area contributed by atoms with Crippen molar-refractivity contribution in [2.75, 3.05) is 0 Å². The van der Waals surface area contributed by atoms with Gasteiger partial charge in [-0.3, -0.25) is 9.48 Å². The van der Waals surface area contributed by atoms with E-state index in [0.717, 1.165) is 5.56 Å². The van der Waals surface area contributed by atoms with Crippen LogP contribution in [0.1, 0.15) is 32.4 Å². The third-order valence-electron chi connectivity index (χ3n) is 2.22. The Morgan fingerprint density at radius 1 is 1.60 bits per heavy atom. The van der Waals surface area contributed by atoms with Crippen molar-refractivity contribution >= 4 is 5.91 Å². The number of hydrogen-bond acceptors (Lipinski definition) is 3. The van der Waals surface area contributed by atoms with Crippen LogP contribution in [0.5, 0.6) is 0 Å². The number of primary amides is 1. The predicted molar refractivity (Wildman–Crippen MR) is 58.1 cm³/mol. The van der Waals surface area contributed by atoms with E-state index in [1.807, 2.05) is 10.9 Å². The molecule has 0 aliphatic heterocycles. The van der Waals surface area contributed by atoms with E-state index < -0.39 is 0 Å². The Bertz CT molecular complexity index is 332. The zero-order chi connectivity index (χ0) is 11.4. The molecule has 1 amide bonds. The van der Waals surface area contributed by atoms with Crippen molar-refractivity contribution in [3.05, 3.63) is 18.0 Å². The summed E-state index contributed by atoms with van der Waals surface area (Å²) in [7, 11) is 0. The van der Waals surface area contributed by atoms with Crippen LogP contribution in [0.4, 0.5) is 0 Å². The fourth-order valence-corrected chi connectivity index (χ4v) is 1.12. The molecule has 0 saturated carbocycles. The largest absolute Gasteiger partial charge is 0.368 e.